The van der Waals surface area contributed by atoms with Gasteiger partial charge in [0.2, 0.25) is 11.8 Å². The number of carbonyl (C=O) groups is 5. The fourth-order valence-corrected chi connectivity index (χ4v) is 2.95. The first-order valence-corrected chi connectivity index (χ1v) is 10.8. The molecule has 0 aromatic heterocycles. The maximum Gasteiger partial charge on any atom is 0.413 e. The normalized spacial score (nSPS) is 14.7. The van der Waals surface area contributed by atoms with E-state index in [2.05, 4.69) is 10.6 Å². The number of likely N-dealkylation sites (N-methyl/N-ethyl adjacent to an activating group) is 1. The SMILES string of the molecule is CSCC(NC(=O)CCC(N)C(=O)NCCCC(N)(C(=O)O)C(F)F)C(=O)N(C)C(=O)O. The van der Waals surface area contributed by atoms with Crippen molar-refractivity contribution in [1.82, 2.24) is 15.5 Å². The highest BCUT2D eigenvalue weighted by Crippen LogP contribution is 2.19. The van der Waals surface area contributed by atoms with Crippen LogP contribution in [0.5, 0.6) is 0 Å². The lowest BCUT2D eigenvalue weighted by Gasteiger charge is -2.23. The van der Waals surface area contributed by atoms with Gasteiger partial charge < -0.3 is 32.3 Å². The van der Waals surface area contributed by atoms with Crippen molar-refractivity contribution in [3.05, 3.63) is 0 Å². The molecule has 0 rings (SSSR count). The molecule has 8 N–H and O–H groups in total. The first-order valence-electron chi connectivity index (χ1n) is 9.40. The molecular formula is C17H29F2N5O7S. The standard InChI is InChI=1S/C17H29F2N5O7S/c1-24(16(30)31)13(27)10(8-32-2)23-11(25)5-4-9(20)12(26)22-7-3-6-17(21,14(18)19)15(28)29/h9-10,14H,3-8,20-21H2,1-2H3,(H,22,26)(H,23,25)(H,28,29)(H,30,31). The van der Waals surface area contributed by atoms with Crippen LogP contribution in [0.15, 0.2) is 0 Å². The Hall–Kier alpha value is -2.52. The van der Waals surface area contributed by atoms with Crippen LogP contribution in [0.1, 0.15) is 25.7 Å². The van der Waals surface area contributed by atoms with Crippen molar-refractivity contribution in [3.63, 3.8) is 0 Å². The lowest BCUT2D eigenvalue weighted by molar-refractivity contribution is -0.150. The van der Waals surface area contributed by atoms with Crippen LogP contribution in [0.25, 0.3) is 0 Å². The summed E-state index contributed by atoms with van der Waals surface area (Å²) in [6.07, 6.45) is -4.15. The van der Waals surface area contributed by atoms with Gasteiger partial charge in [0, 0.05) is 25.8 Å². The molecule has 0 saturated heterocycles. The highest BCUT2D eigenvalue weighted by atomic mass is 32.2. The van der Waals surface area contributed by atoms with Gasteiger partial charge in [0.25, 0.3) is 12.3 Å². The number of hydrogen-bond donors (Lipinski definition) is 6. The number of halogens is 2. The number of nitrogens with one attached hydrogen (secondary N) is 2. The number of hydrogen-bond acceptors (Lipinski definition) is 8. The van der Waals surface area contributed by atoms with Crippen molar-refractivity contribution in [2.24, 2.45) is 11.5 Å². The molecule has 0 heterocycles. The fraction of sp³-hybridized carbons (Fsp3) is 0.706. The summed E-state index contributed by atoms with van der Waals surface area (Å²) >= 11 is 1.22. The molecule has 0 aliphatic carbocycles. The van der Waals surface area contributed by atoms with Gasteiger partial charge in [-0.3, -0.25) is 14.4 Å². The quantitative estimate of drug-likeness (QED) is 0.166. The largest absolute Gasteiger partial charge is 0.480 e. The van der Waals surface area contributed by atoms with Gasteiger partial charge in [-0.05, 0) is 25.5 Å². The van der Waals surface area contributed by atoms with Crippen molar-refractivity contribution in [3.8, 4) is 0 Å². The van der Waals surface area contributed by atoms with Crippen LogP contribution in [-0.4, -0.2) is 94.5 Å². The molecule has 0 bridgehead atoms. The molecule has 0 radical (unpaired) electrons. The summed E-state index contributed by atoms with van der Waals surface area (Å²) < 4.78 is 25.6. The number of nitrogens with zero attached hydrogens (tertiary/aromatic N) is 1. The van der Waals surface area contributed by atoms with E-state index in [0.717, 1.165) is 7.05 Å². The second-order valence-corrected chi connectivity index (χ2v) is 7.85. The molecule has 0 aliphatic rings. The molecule has 3 atom stereocenters. The number of carbonyl (C=O) groups excluding carboxylic acids is 3. The Kier molecular flexibility index (Phi) is 12.7. The molecule has 3 unspecified atom stereocenters. The number of rotatable bonds is 14. The predicted molar refractivity (Wildman–Crippen MR) is 111 cm³/mol. The van der Waals surface area contributed by atoms with Crippen LogP contribution in [-0.2, 0) is 19.2 Å². The third-order valence-electron chi connectivity index (χ3n) is 4.46. The highest BCUT2D eigenvalue weighted by molar-refractivity contribution is 7.98. The van der Waals surface area contributed by atoms with Gasteiger partial charge >= 0.3 is 12.1 Å². The molecule has 0 aromatic carbocycles. The molecule has 4 amide bonds. The second-order valence-electron chi connectivity index (χ2n) is 6.94. The fourth-order valence-electron chi connectivity index (χ4n) is 2.39. The Morgan fingerprint density at radius 2 is 1.78 bits per heavy atom. The smallest absolute Gasteiger partial charge is 0.413 e. The average molecular weight is 486 g/mol. The van der Waals surface area contributed by atoms with Gasteiger partial charge in [0.05, 0.1) is 6.04 Å². The summed E-state index contributed by atoms with van der Waals surface area (Å²) in [4.78, 5) is 58.4. The minimum atomic E-state index is -3.28. The zero-order valence-corrected chi connectivity index (χ0v) is 18.5. The van der Waals surface area contributed by atoms with E-state index in [0.29, 0.717) is 4.90 Å². The van der Waals surface area contributed by atoms with Crippen LogP contribution in [0.4, 0.5) is 13.6 Å². The lowest BCUT2D eigenvalue weighted by atomic mass is 9.95. The Labute approximate surface area is 187 Å². The van der Waals surface area contributed by atoms with Crippen LogP contribution in [0, 0.1) is 0 Å². The zero-order chi connectivity index (χ0) is 25.1. The maximum atomic E-state index is 12.8. The number of nitrogens with two attached hydrogens (primary N) is 2. The number of carboxylic acids is 1. The first-order chi connectivity index (χ1) is 14.8. The van der Waals surface area contributed by atoms with Crippen LogP contribution < -0.4 is 22.1 Å². The van der Waals surface area contributed by atoms with Crippen molar-refractivity contribution >= 4 is 41.5 Å². The average Bonchev–Trinajstić information content (AvgIpc) is 2.72. The predicted octanol–water partition coefficient (Wildman–Crippen LogP) is -0.978. The van der Waals surface area contributed by atoms with E-state index < -0.39 is 60.3 Å². The summed E-state index contributed by atoms with van der Waals surface area (Å²) in [7, 11) is 1.05. The number of carboxylic acid groups (broad SMARTS) is 2. The topological polar surface area (TPSA) is 205 Å². The van der Waals surface area contributed by atoms with Gasteiger partial charge in [0.15, 0.2) is 5.54 Å². The van der Waals surface area contributed by atoms with E-state index in [-0.39, 0.29) is 31.6 Å². The number of thioether (sulfide) groups is 1. The van der Waals surface area contributed by atoms with E-state index in [4.69, 9.17) is 21.7 Å². The first kappa shape index (κ1) is 29.5. The number of imide groups is 1. The summed E-state index contributed by atoms with van der Waals surface area (Å²) in [5.74, 6) is -3.84. The Morgan fingerprint density at radius 3 is 2.25 bits per heavy atom. The number of aliphatic carboxylic acids is 1. The molecule has 0 spiro atoms. The van der Waals surface area contributed by atoms with E-state index in [1.165, 1.54) is 11.8 Å². The summed E-state index contributed by atoms with van der Waals surface area (Å²) in [5.41, 5.74) is 8.13. The van der Waals surface area contributed by atoms with E-state index >= 15 is 0 Å². The van der Waals surface area contributed by atoms with Gasteiger partial charge in [-0.15, -0.1) is 0 Å². The molecule has 184 valence electrons. The number of amides is 4. The van der Waals surface area contributed by atoms with Crippen molar-refractivity contribution in [2.45, 2.75) is 49.7 Å². The minimum Gasteiger partial charge on any atom is -0.480 e. The molecule has 0 saturated carbocycles. The molecule has 0 aromatic rings. The summed E-state index contributed by atoms with van der Waals surface area (Å²) in [5, 5.41) is 22.4. The summed E-state index contributed by atoms with van der Waals surface area (Å²) in [6.45, 7) is -0.149. The van der Waals surface area contributed by atoms with Crippen molar-refractivity contribution < 1.29 is 43.0 Å². The highest BCUT2D eigenvalue weighted by Gasteiger charge is 2.43. The van der Waals surface area contributed by atoms with Crippen LogP contribution in [0.2, 0.25) is 0 Å². The maximum absolute atomic E-state index is 12.8. The van der Waals surface area contributed by atoms with E-state index in [9.17, 15) is 32.8 Å². The van der Waals surface area contributed by atoms with Crippen LogP contribution in [0.3, 0.4) is 0 Å². The van der Waals surface area contributed by atoms with Gasteiger partial charge in [-0.1, -0.05) is 0 Å². The monoisotopic (exact) mass is 485 g/mol. The molecule has 15 heteroatoms. The number of alkyl halides is 2. The minimum absolute atomic E-state index is 0.112. The molecular weight excluding hydrogens is 456 g/mol. The second kappa shape index (κ2) is 13.8. The van der Waals surface area contributed by atoms with E-state index in [1.54, 1.807) is 6.26 Å². The Morgan fingerprint density at radius 1 is 1.19 bits per heavy atom. The van der Waals surface area contributed by atoms with E-state index in [1.807, 2.05) is 0 Å². The Bertz CT molecular complexity index is 700. The summed E-state index contributed by atoms with van der Waals surface area (Å²) in [6, 6.07) is -2.21. The molecule has 32 heavy (non-hydrogen) atoms. The van der Waals surface area contributed by atoms with Gasteiger partial charge in [-0.25, -0.2) is 23.3 Å². The third kappa shape index (κ3) is 9.32. The third-order valence-corrected chi connectivity index (χ3v) is 5.12. The van der Waals surface area contributed by atoms with Crippen LogP contribution >= 0.6 is 11.8 Å². The van der Waals surface area contributed by atoms with Crippen molar-refractivity contribution in [2.75, 3.05) is 25.6 Å². The molecule has 0 aliphatic heterocycles. The molecule has 0 fully saturated rings. The van der Waals surface area contributed by atoms with Crippen molar-refractivity contribution in [1.29, 1.82) is 0 Å². The van der Waals surface area contributed by atoms with Gasteiger partial charge in [0.1, 0.15) is 6.04 Å². The Balaban J connectivity index is 4.52. The van der Waals surface area contributed by atoms with Gasteiger partial charge in [-0.2, -0.15) is 11.8 Å². The molecule has 12 nitrogen and oxygen atoms in total. The lowest BCUT2D eigenvalue weighted by Crippen LogP contribution is -2.54. The zero-order valence-electron chi connectivity index (χ0n) is 17.7.